The smallest absolute Gasteiger partial charge is 0.243 e. The Morgan fingerprint density at radius 2 is 1.85 bits per heavy atom. The van der Waals surface area contributed by atoms with E-state index in [0.29, 0.717) is 23.4 Å². The van der Waals surface area contributed by atoms with Crippen LogP contribution in [0.2, 0.25) is 0 Å². The highest BCUT2D eigenvalue weighted by Gasteiger charge is 2.14. The van der Waals surface area contributed by atoms with Gasteiger partial charge in [-0.05, 0) is 30.9 Å². The normalized spacial score (nSPS) is 15.2. The van der Waals surface area contributed by atoms with Gasteiger partial charge >= 0.3 is 0 Å². The van der Waals surface area contributed by atoms with Crippen LogP contribution < -0.4 is 20.1 Å². The minimum atomic E-state index is -0.0407. The first-order valence-corrected chi connectivity index (χ1v) is 9.51. The number of methoxy groups -OCH3 is 2. The van der Waals surface area contributed by atoms with Crippen molar-refractivity contribution in [3.8, 4) is 11.5 Å². The lowest BCUT2D eigenvalue weighted by Gasteiger charge is -2.23. The molecule has 7 heteroatoms. The predicted octanol–water partition coefficient (Wildman–Crippen LogP) is 2.73. The molecule has 0 bridgehead atoms. The third kappa shape index (κ3) is 6.66. The summed E-state index contributed by atoms with van der Waals surface area (Å²) in [6.07, 6.45) is 6.40. The van der Waals surface area contributed by atoms with E-state index in [1.165, 1.54) is 32.1 Å². The highest BCUT2D eigenvalue weighted by Crippen LogP contribution is 2.29. The van der Waals surface area contributed by atoms with Gasteiger partial charge < -0.3 is 25.0 Å². The first-order chi connectivity index (χ1) is 13.0. The van der Waals surface area contributed by atoms with Crippen molar-refractivity contribution in [2.45, 2.75) is 32.1 Å². The highest BCUT2D eigenvalue weighted by atomic mass is 16.5. The number of hydrogen-bond acceptors (Lipinski definition) is 4. The predicted molar refractivity (Wildman–Crippen MR) is 109 cm³/mol. The molecule has 0 unspecified atom stereocenters. The van der Waals surface area contributed by atoms with Crippen LogP contribution in [0.25, 0.3) is 0 Å². The van der Waals surface area contributed by atoms with Gasteiger partial charge in [-0.15, -0.1) is 0 Å². The number of carbonyl (C=O) groups is 1. The molecule has 2 N–H and O–H groups in total. The van der Waals surface area contributed by atoms with E-state index >= 15 is 0 Å². The van der Waals surface area contributed by atoms with E-state index in [-0.39, 0.29) is 12.5 Å². The van der Waals surface area contributed by atoms with Crippen molar-refractivity contribution in [1.82, 2.24) is 10.2 Å². The molecule has 0 saturated heterocycles. The summed E-state index contributed by atoms with van der Waals surface area (Å²) in [6, 6.07) is 5.59. The molecule has 0 radical (unpaired) electrons. The third-order valence-electron chi connectivity index (χ3n) is 4.80. The number of aliphatic imine (C=N–C) groups is 1. The number of likely N-dealkylation sites (N-methyl/N-ethyl adjacent to an activating group) is 1. The molecule has 0 spiro atoms. The fourth-order valence-corrected chi connectivity index (χ4v) is 3.11. The molecule has 1 aromatic carbocycles. The average molecular weight is 377 g/mol. The van der Waals surface area contributed by atoms with Gasteiger partial charge in [0.25, 0.3) is 0 Å². The van der Waals surface area contributed by atoms with Crippen LogP contribution >= 0.6 is 0 Å². The molecule has 1 aromatic rings. The minimum Gasteiger partial charge on any atom is -0.493 e. The van der Waals surface area contributed by atoms with E-state index < -0.39 is 0 Å². The first-order valence-electron chi connectivity index (χ1n) is 9.51. The number of hydrogen-bond donors (Lipinski definition) is 2. The van der Waals surface area contributed by atoms with Crippen LogP contribution in [0.3, 0.4) is 0 Å². The van der Waals surface area contributed by atoms with E-state index in [4.69, 9.17) is 9.47 Å². The average Bonchev–Trinajstić information content (AvgIpc) is 2.70. The number of amides is 1. The van der Waals surface area contributed by atoms with E-state index in [1.54, 1.807) is 33.2 Å². The SMILES string of the molecule is COc1ccc(NC(=NCC(=O)N(C)C)NCC2CCCCC2)cc1OC. The number of carbonyl (C=O) groups excluding carboxylic acids is 1. The first kappa shape index (κ1) is 20.9. The number of anilines is 1. The van der Waals surface area contributed by atoms with Crippen LogP contribution in [0.4, 0.5) is 5.69 Å². The van der Waals surface area contributed by atoms with Gasteiger partial charge in [-0.3, -0.25) is 4.79 Å². The van der Waals surface area contributed by atoms with E-state index in [1.807, 2.05) is 18.2 Å². The van der Waals surface area contributed by atoms with Crippen molar-refractivity contribution < 1.29 is 14.3 Å². The molecule has 7 nitrogen and oxygen atoms in total. The van der Waals surface area contributed by atoms with Gasteiger partial charge in [-0.2, -0.15) is 0 Å². The largest absolute Gasteiger partial charge is 0.493 e. The summed E-state index contributed by atoms with van der Waals surface area (Å²) in [5.74, 6) is 2.52. The summed E-state index contributed by atoms with van der Waals surface area (Å²) in [7, 11) is 6.67. The van der Waals surface area contributed by atoms with Gasteiger partial charge in [0.15, 0.2) is 17.5 Å². The summed E-state index contributed by atoms with van der Waals surface area (Å²) in [5.41, 5.74) is 0.819. The van der Waals surface area contributed by atoms with Crippen molar-refractivity contribution in [2.24, 2.45) is 10.9 Å². The van der Waals surface area contributed by atoms with Gasteiger partial charge in [0.2, 0.25) is 5.91 Å². The fraction of sp³-hybridized carbons (Fsp3) is 0.600. The van der Waals surface area contributed by atoms with Crippen LogP contribution in [-0.4, -0.2) is 58.2 Å². The Morgan fingerprint density at radius 1 is 1.15 bits per heavy atom. The lowest BCUT2D eigenvalue weighted by atomic mass is 9.89. The lowest BCUT2D eigenvalue weighted by molar-refractivity contribution is -0.127. The fourth-order valence-electron chi connectivity index (χ4n) is 3.11. The topological polar surface area (TPSA) is 75.2 Å². The molecule has 0 aromatic heterocycles. The van der Waals surface area contributed by atoms with Crippen molar-refractivity contribution >= 4 is 17.6 Å². The van der Waals surface area contributed by atoms with E-state index in [2.05, 4.69) is 15.6 Å². The maximum atomic E-state index is 11.9. The molecule has 1 fully saturated rings. The number of ether oxygens (including phenoxy) is 2. The quantitative estimate of drug-likeness (QED) is 0.565. The molecule has 1 aliphatic carbocycles. The second-order valence-electron chi connectivity index (χ2n) is 7.03. The van der Waals surface area contributed by atoms with Crippen LogP contribution in [0.15, 0.2) is 23.2 Å². The second-order valence-corrected chi connectivity index (χ2v) is 7.03. The zero-order valence-corrected chi connectivity index (χ0v) is 16.9. The minimum absolute atomic E-state index is 0.0407. The molecule has 27 heavy (non-hydrogen) atoms. The summed E-state index contributed by atoms with van der Waals surface area (Å²) in [6.45, 7) is 0.954. The maximum Gasteiger partial charge on any atom is 0.243 e. The number of nitrogens with one attached hydrogen (secondary N) is 2. The van der Waals surface area contributed by atoms with Crippen molar-refractivity contribution in [1.29, 1.82) is 0 Å². The number of rotatable bonds is 7. The van der Waals surface area contributed by atoms with Gasteiger partial charge in [0.1, 0.15) is 6.54 Å². The Hall–Kier alpha value is -2.44. The van der Waals surface area contributed by atoms with Gasteiger partial charge in [-0.25, -0.2) is 4.99 Å². The third-order valence-corrected chi connectivity index (χ3v) is 4.80. The van der Waals surface area contributed by atoms with Crippen LogP contribution in [-0.2, 0) is 4.79 Å². The molecular formula is C20H32N4O3. The Kier molecular flexibility index (Phi) is 8.23. The second kappa shape index (κ2) is 10.6. The molecule has 1 amide bonds. The summed E-state index contributed by atoms with van der Waals surface area (Å²) in [4.78, 5) is 17.9. The molecule has 0 aliphatic heterocycles. The summed E-state index contributed by atoms with van der Waals surface area (Å²) < 4.78 is 10.6. The zero-order valence-electron chi connectivity index (χ0n) is 16.9. The molecule has 1 saturated carbocycles. The molecule has 1 aliphatic rings. The zero-order chi connectivity index (χ0) is 19.6. The van der Waals surface area contributed by atoms with Crippen molar-refractivity contribution in [3.05, 3.63) is 18.2 Å². The van der Waals surface area contributed by atoms with Gasteiger partial charge in [0, 0.05) is 32.4 Å². The van der Waals surface area contributed by atoms with Crippen LogP contribution in [0, 0.1) is 5.92 Å². The highest BCUT2D eigenvalue weighted by molar-refractivity contribution is 5.95. The maximum absolute atomic E-state index is 11.9. The van der Waals surface area contributed by atoms with Crippen molar-refractivity contribution in [3.63, 3.8) is 0 Å². The molecular weight excluding hydrogens is 344 g/mol. The Labute approximate surface area is 162 Å². The number of benzene rings is 1. The van der Waals surface area contributed by atoms with E-state index in [0.717, 1.165) is 12.2 Å². The Bertz CT molecular complexity index is 640. The Balaban J connectivity index is 2.08. The number of nitrogens with zero attached hydrogens (tertiary/aromatic N) is 2. The van der Waals surface area contributed by atoms with E-state index in [9.17, 15) is 4.79 Å². The van der Waals surface area contributed by atoms with Gasteiger partial charge in [-0.1, -0.05) is 19.3 Å². The standard InChI is InChI=1S/C20H32N4O3/c1-24(2)19(25)14-22-20(21-13-15-8-6-5-7-9-15)23-16-10-11-17(26-3)18(12-16)27-4/h10-12,15H,5-9,13-14H2,1-4H3,(H2,21,22,23). The molecule has 2 rings (SSSR count). The summed E-state index contributed by atoms with van der Waals surface area (Å²) >= 11 is 0. The molecule has 0 heterocycles. The van der Waals surface area contributed by atoms with Gasteiger partial charge in [0.05, 0.1) is 14.2 Å². The Morgan fingerprint density at radius 3 is 2.48 bits per heavy atom. The summed E-state index contributed by atoms with van der Waals surface area (Å²) in [5, 5.41) is 6.67. The lowest BCUT2D eigenvalue weighted by Crippen LogP contribution is -2.36. The monoisotopic (exact) mass is 376 g/mol. The molecule has 0 atom stereocenters. The van der Waals surface area contributed by atoms with Crippen LogP contribution in [0.1, 0.15) is 32.1 Å². The van der Waals surface area contributed by atoms with Crippen LogP contribution in [0.5, 0.6) is 11.5 Å². The molecule has 150 valence electrons. The van der Waals surface area contributed by atoms with Crippen molar-refractivity contribution in [2.75, 3.05) is 46.7 Å². The number of guanidine groups is 1.